The number of ether oxygens (including phenoxy) is 1. The summed E-state index contributed by atoms with van der Waals surface area (Å²) < 4.78 is 20.8. The second kappa shape index (κ2) is 12.9. The van der Waals surface area contributed by atoms with E-state index in [9.17, 15) is 9.59 Å². The lowest BCUT2D eigenvalue weighted by atomic mass is 9.96. The van der Waals surface area contributed by atoms with Gasteiger partial charge in [0, 0.05) is 48.2 Å². The summed E-state index contributed by atoms with van der Waals surface area (Å²) in [6, 6.07) is 5.40. The largest absolute Gasteiger partial charge is 0.463 e. The summed E-state index contributed by atoms with van der Waals surface area (Å²) in [6.45, 7) is 10.1. The van der Waals surface area contributed by atoms with Crippen molar-refractivity contribution in [3.63, 3.8) is 0 Å². The summed E-state index contributed by atoms with van der Waals surface area (Å²) in [4.78, 5) is 34.7. The number of dihydropyridines is 1. The molecule has 0 aliphatic carbocycles. The fraction of sp³-hybridized carbons (Fsp3) is 0.441. The number of hydrogen-bond acceptors (Lipinski definition) is 6. The number of aliphatic imine (C=N–C) groups is 1. The number of nitrogens with one attached hydrogen (secondary N) is 1. The molecule has 8 heteroatoms. The van der Waals surface area contributed by atoms with Crippen molar-refractivity contribution in [2.24, 2.45) is 4.99 Å². The Balaban J connectivity index is 1.45. The zero-order valence-corrected chi connectivity index (χ0v) is 25.1. The van der Waals surface area contributed by atoms with Crippen molar-refractivity contribution in [1.29, 1.82) is 0 Å². The van der Waals surface area contributed by atoms with Gasteiger partial charge in [-0.15, -0.1) is 0 Å². The third kappa shape index (κ3) is 6.13. The van der Waals surface area contributed by atoms with Crippen LogP contribution in [0.3, 0.4) is 0 Å². The first-order valence-corrected chi connectivity index (χ1v) is 15.2. The van der Waals surface area contributed by atoms with Gasteiger partial charge in [-0.25, -0.2) is 14.2 Å². The van der Waals surface area contributed by atoms with E-state index < -0.39 is 0 Å². The fourth-order valence-electron chi connectivity index (χ4n) is 6.02. The lowest BCUT2D eigenvalue weighted by Crippen LogP contribution is -2.43. The van der Waals surface area contributed by atoms with E-state index in [0.717, 1.165) is 74.2 Å². The topological polar surface area (TPSA) is 74.2 Å². The van der Waals surface area contributed by atoms with Gasteiger partial charge in [-0.3, -0.25) is 4.79 Å². The molecule has 1 aromatic carbocycles. The van der Waals surface area contributed by atoms with E-state index >= 15 is 4.39 Å². The highest BCUT2D eigenvalue weighted by molar-refractivity contribution is 6.43. The molecule has 1 aromatic rings. The standard InChI is InChI=1S/C34H41FN4O3/c1-5-26-19-31(33(40)38-16-9-7-8-10-23(38)4)37-32-20-28(22(3)15-17-39(26)32)27-13-11-24(18-29(27)35)30-14-12-25(21-36-30)34(41)42-6-2/h11-14,18-20,23,36H,5-10,15-17,21H2,1-4H3/t23-/m1/s1. The molecule has 0 aromatic heterocycles. The van der Waals surface area contributed by atoms with Crippen LogP contribution in [-0.4, -0.2) is 59.7 Å². The molecule has 0 bridgehead atoms. The number of rotatable bonds is 6. The molecule has 1 N–H and O–H groups in total. The van der Waals surface area contributed by atoms with E-state index in [4.69, 9.17) is 9.73 Å². The second-order valence-electron chi connectivity index (χ2n) is 11.3. The molecule has 222 valence electrons. The maximum absolute atomic E-state index is 15.8. The molecular weight excluding hydrogens is 531 g/mol. The highest BCUT2D eigenvalue weighted by atomic mass is 19.1. The molecule has 5 rings (SSSR count). The number of allylic oxidation sites excluding steroid dienone is 5. The van der Waals surface area contributed by atoms with Crippen LogP contribution in [0.1, 0.15) is 77.3 Å². The summed E-state index contributed by atoms with van der Waals surface area (Å²) >= 11 is 0. The summed E-state index contributed by atoms with van der Waals surface area (Å²) in [7, 11) is 0. The molecule has 1 atom stereocenters. The van der Waals surface area contributed by atoms with Crippen LogP contribution in [0.25, 0.3) is 11.3 Å². The second-order valence-corrected chi connectivity index (χ2v) is 11.3. The summed E-state index contributed by atoms with van der Waals surface area (Å²) in [5.41, 5.74) is 5.85. The van der Waals surface area contributed by atoms with Crippen LogP contribution in [-0.2, 0) is 14.3 Å². The van der Waals surface area contributed by atoms with Crippen LogP contribution < -0.4 is 5.32 Å². The van der Waals surface area contributed by atoms with Crippen molar-refractivity contribution < 1.29 is 18.7 Å². The molecule has 4 aliphatic heterocycles. The molecular formula is C34H41FN4O3. The zero-order valence-electron chi connectivity index (χ0n) is 25.1. The van der Waals surface area contributed by atoms with Crippen molar-refractivity contribution in [2.45, 2.75) is 72.3 Å². The van der Waals surface area contributed by atoms with Crippen LogP contribution in [0.2, 0.25) is 0 Å². The summed E-state index contributed by atoms with van der Waals surface area (Å²) in [5.74, 6) is -0.0252. The molecule has 0 saturated carbocycles. The Bertz CT molecular complexity index is 1450. The van der Waals surface area contributed by atoms with Crippen LogP contribution in [0.5, 0.6) is 0 Å². The SMILES string of the molecule is CCOC(=O)C1=CC=C(c2ccc(C3=C(C)CCN4C(CC)=CC(C(=O)N5CCCCC[C@H]5C)=NC4=C3)c(F)c2)NC1. The number of hydrogen-bond donors (Lipinski definition) is 1. The summed E-state index contributed by atoms with van der Waals surface area (Å²) in [6.07, 6.45) is 13.2. The minimum Gasteiger partial charge on any atom is -0.463 e. The Hall–Kier alpha value is -3.94. The molecule has 0 unspecified atom stereocenters. The predicted molar refractivity (Wildman–Crippen MR) is 165 cm³/mol. The van der Waals surface area contributed by atoms with Gasteiger partial charge in [0.2, 0.25) is 0 Å². The number of fused-ring (bicyclic) bond motifs is 1. The van der Waals surface area contributed by atoms with Gasteiger partial charge < -0.3 is 19.9 Å². The maximum Gasteiger partial charge on any atom is 0.335 e. The van der Waals surface area contributed by atoms with Gasteiger partial charge in [-0.2, -0.15) is 0 Å². The summed E-state index contributed by atoms with van der Waals surface area (Å²) in [5, 5.41) is 3.20. The first-order chi connectivity index (χ1) is 20.3. The van der Waals surface area contributed by atoms with E-state index in [0.29, 0.717) is 41.4 Å². The maximum atomic E-state index is 15.8. The third-order valence-electron chi connectivity index (χ3n) is 8.53. The van der Waals surface area contributed by atoms with Gasteiger partial charge in [-0.1, -0.05) is 37.5 Å². The van der Waals surface area contributed by atoms with Gasteiger partial charge in [0.25, 0.3) is 5.91 Å². The van der Waals surface area contributed by atoms with Gasteiger partial charge in [0.05, 0.1) is 12.2 Å². The Morgan fingerprint density at radius 2 is 1.95 bits per heavy atom. The van der Waals surface area contributed by atoms with Gasteiger partial charge >= 0.3 is 5.97 Å². The quantitative estimate of drug-likeness (QED) is 0.416. The van der Waals surface area contributed by atoms with Crippen LogP contribution in [0, 0.1) is 5.82 Å². The van der Waals surface area contributed by atoms with E-state index in [1.54, 1.807) is 25.1 Å². The van der Waals surface area contributed by atoms with Crippen molar-refractivity contribution >= 4 is 28.9 Å². The highest BCUT2D eigenvalue weighted by Crippen LogP contribution is 2.35. The number of benzene rings is 1. The van der Waals surface area contributed by atoms with Crippen LogP contribution in [0.4, 0.5) is 4.39 Å². The Morgan fingerprint density at radius 3 is 2.67 bits per heavy atom. The van der Waals surface area contributed by atoms with Crippen molar-refractivity contribution in [3.8, 4) is 0 Å². The first kappa shape index (κ1) is 29.5. The lowest BCUT2D eigenvalue weighted by molar-refractivity contribution is -0.138. The highest BCUT2D eigenvalue weighted by Gasteiger charge is 2.30. The van der Waals surface area contributed by atoms with Crippen molar-refractivity contribution in [3.05, 3.63) is 82.1 Å². The number of carbonyl (C=O) groups excluding carboxylic acids is 2. The minimum absolute atomic E-state index is 0.0219. The average Bonchev–Trinajstić information content (AvgIpc) is 3.31. The first-order valence-electron chi connectivity index (χ1n) is 15.2. The molecule has 1 amide bonds. The van der Waals surface area contributed by atoms with E-state index in [1.165, 1.54) is 6.07 Å². The van der Waals surface area contributed by atoms with Crippen LogP contribution in [0.15, 0.2) is 70.2 Å². The molecule has 0 spiro atoms. The molecule has 42 heavy (non-hydrogen) atoms. The zero-order chi connectivity index (χ0) is 29.8. The molecule has 4 heterocycles. The third-order valence-corrected chi connectivity index (χ3v) is 8.53. The van der Waals surface area contributed by atoms with E-state index in [2.05, 4.69) is 24.1 Å². The minimum atomic E-state index is -0.350. The molecule has 7 nitrogen and oxygen atoms in total. The van der Waals surface area contributed by atoms with E-state index in [1.807, 2.05) is 30.0 Å². The Morgan fingerprint density at radius 1 is 1.12 bits per heavy atom. The van der Waals surface area contributed by atoms with Gasteiger partial charge in [0.1, 0.15) is 17.3 Å². The number of nitrogens with zero attached hydrogens (tertiary/aromatic N) is 3. The van der Waals surface area contributed by atoms with Crippen molar-refractivity contribution in [1.82, 2.24) is 15.1 Å². The number of halogens is 1. The van der Waals surface area contributed by atoms with Crippen LogP contribution >= 0.6 is 0 Å². The average molecular weight is 573 g/mol. The number of carbonyl (C=O) groups is 2. The molecule has 1 saturated heterocycles. The number of likely N-dealkylation sites (tertiary alicyclic amines) is 1. The lowest BCUT2D eigenvalue weighted by Gasteiger charge is -2.32. The predicted octanol–water partition coefficient (Wildman–Crippen LogP) is 6.12. The van der Waals surface area contributed by atoms with Gasteiger partial charge in [-0.05, 0) is 82.4 Å². The monoisotopic (exact) mass is 572 g/mol. The van der Waals surface area contributed by atoms with Gasteiger partial charge in [0.15, 0.2) is 0 Å². The Kier molecular flexibility index (Phi) is 9.09. The number of esters is 1. The normalized spacial score (nSPS) is 21.1. The fourth-order valence-corrected chi connectivity index (χ4v) is 6.02. The van der Waals surface area contributed by atoms with Crippen molar-refractivity contribution in [2.75, 3.05) is 26.2 Å². The molecule has 4 aliphatic rings. The molecule has 1 fully saturated rings. The smallest absolute Gasteiger partial charge is 0.335 e. The molecule has 0 radical (unpaired) electrons. The van der Waals surface area contributed by atoms with E-state index in [-0.39, 0.29) is 23.7 Å². The number of amides is 1. The Labute approximate surface area is 248 Å².